The molecule has 0 bridgehead atoms. The summed E-state index contributed by atoms with van der Waals surface area (Å²) in [5.41, 5.74) is 1.60. The lowest BCUT2D eigenvalue weighted by Crippen LogP contribution is -2.52. The number of anilines is 2. The highest BCUT2D eigenvalue weighted by atomic mass is 19.4. The van der Waals surface area contributed by atoms with Crippen LogP contribution in [0.2, 0.25) is 0 Å². The zero-order valence-corrected chi connectivity index (χ0v) is 21.3. The number of aryl methyl sites for hydroxylation is 1. The Morgan fingerprint density at radius 1 is 1.10 bits per heavy atom. The van der Waals surface area contributed by atoms with Crippen molar-refractivity contribution in [1.29, 1.82) is 0 Å². The number of halogens is 3. The van der Waals surface area contributed by atoms with Crippen LogP contribution in [0, 0.1) is 6.92 Å². The van der Waals surface area contributed by atoms with Crippen molar-refractivity contribution in [3.63, 3.8) is 0 Å². The van der Waals surface area contributed by atoms with Gasteiger partial charge in [0, 0.05) is 75.2 Å². The molecule has 39 heavy (non-hydrogen) atoms. The maximum absolute atomic E-state index is 13.5. The Balaban J connectivity index is 1.38. The van der Waals surface area contributed by atoms with E-state index in [1.54, 1.807) is 37.5 Å². The molecule has 1 aromatic carbocycles. The lowest BCUT2D eigenvalue weighted by molar-refractivity contribution is -0.141. The zero-order valence-electron chi connectivity index (χ0n) is 21.3. The topological polar surface area (TPSA) is 115 Å². The molecule has 2 saturated heterocycles. The molecule has 3 aromatic rings. The fourth-order valence-electron chi connectivity index (χ4n) is 4.83. The number of hydrogen-bond donors (Lipinski definition) is 3. The number of urea groups is 1. The van der Waals surface area contributed by atoms with Crippen molar-refractivity contribution in [2.45, 2.75) is 25.7 Å². The highest BCUT2D eigenvalue weighted by Gasteiger charge is 2.36. The van der Waals surface area contributed by atoms with Crippen molar-refractivity contribution in [2.75, 3.05) is 43.4 Å². The van der Waals surface area contributed by atoms with Crippen LogP contribution in [0.5, 0.6) is 0 Å². The molecule has 2 aliphatic heterocycles. The number of carbonyl (C=O) groups excluding carboxylic acids is 2. The van der Waals surface area contributed by atoms with Crippen molar-refractivity contribution in [1.82, 2.24) is 30.5 Å². The van der Waals surface area contributed by atoms with E-state index in [9.17, 15) is 22.8 Å². The van der Waals surface area contributed by atoms with Crippen molar-refractivity contribution in [2.24, 2.45) is 0 Å². The number of pyridine rings is 1. The minimum Gasteiger partial charge on any atom is -0.380 e. The maximum Gasteiger partial charge on any atom is 0.433 e. The third kappa shape index (κ3) is 5.42. The molecule has 3 amide bonds. The van der Waals surface area contributed by atoms with E-state index in [0.717, 1.165) is 0 Å². The van der Waals surface area contributed by atoms with Crippen LogP contribution < -0.4 is 20.9 Å². The zero-order chi connectivity index (χ0) is 27.7. The number of aromatic nitrogens is 3. The van der Waals surface area contributed by atoms with E-state index in [2.05, 4.69) is 30.9 Å². The summed E-state index contributed by atoms with van der Waals surface area (Å²) in [6.07, 6.45) is -0.0995. The first-order valence-corrected chi connectivity index (χ1v) is 12.4. The van der Waals surface area contributed by atoms with Crippen LogP contribution in [0.3, 0.4) is 0 Å². The van der Waals surface area contributed by atoms with Crippen molar-refractivity contribution in [3.8, 4) is 11.1 Å². The predicted molar refractivity (Wildman–Crippen MR) is 138 cm³/mol. The SMILES string of the molecule is CNC(=O)c1ccc(-c2cnc(N3CCN4C(=O)NC[C@H]4C3)nc2)cc1NCc1cc(C)cnc1C(F)(F)F. The number of alkyl halides is 3. The number of rotatable bonds is 6. The second-order valence-electron chi connectivity index (χ2n) is 9.46. The molecule has 0 unspecified atom stereocenters. The Morgan fingerprint density at radius 3 is 2.59 bits per heavy atom. The molecule has 2 aliphatic rings. The summed E-state index contributed by atoms with van der Waals surface area (Å²) in [5.74, 6) is 0.165. The summed E-state index contributed by atoms with van der Waals surface area (Å²) in [7, 11) is 1.48. The van der Waals surface area contributed by atoms with Crippen molar-refractivity contribution < 1.29 is 22.8 Å². The highest BCUT2D eigenvalue weighted by Crippen LogP contribution is 2.32. The Labute approximate surface area is 222 Å². The minimum absolute atomic E-state index is 0.0253. The number of benzene rings is 1. The Morgan fingerprint density at radius 2 is 1.87 bits per heavy atom. The van der Waals surface area contributed by atoms with Crippen LogP contribution in [0.15, 0.2) is 42.9 Å². The molecule has 13 heteroatoms. The molecule has 1 atom stereocenters. The molecule has 2 aromatic heterocycles. The van der Waals surface area contributed by atoms with E-state index < -0.39 is 11.9 Å². The molecule has 0 spiro atoms. The van der Waals surface area contributed by atoms with Crippen LogP contribution in [-0.2, 0) is 12.7 Å². The van der Waals surface area contributed by atoms with Crippen molar-refractivity contribution in [3.05, 3.63) is 65.2 Å². The molecule has 0 aliphatic carbocycles. The van der Waals surface area contributed by atoms with Gasteiger partial charge in [0.15, 0.2) is 0 Å². The number of nitrogens with one attached hydrogen (secondary N) is 3. The second-order valence-corrected chi connectivity index (χ2v) is 9.46. The molecule has 0 radical (unpaired) electrons. The van der Waals surface area contributed by atoms with Gasteiger partial charge in [0.05, 0.1) is 11.6 Å². The van der Waals surface area contributed by atoms with Gasteiger partial charge in [-0.2, -0.15) is 13.2 Å². The summed E-state index contributed by atoms with van der Waals surface area (Å²) < 4.78 is 40.5. The van der Waals surface area contributed by atoms with Gasteiger partial charge in [-0.05, 0) is 30.2 Å². The lowest BCUT2D eigenvalue weighted by Gasteiger charge is -2.36. The smallest absolute Gasteiger partial charge is 0.380 e. The Hall–Kier alpha value is -4.42. The molecular formula is C26H27F3N8O2. The second kappa shape index (κ2) is 10.4. The molecule has 204 valence electrons. The van der Waals surface area contributed by atoms with E-state index in [1.807, 2.05) is 9.80 Å². The van der Waals surface area contributed by atoms with E-state index in [0.29, 0.717) is 54.5 Å². The summed E-state index contributed by atoms with van der Waals surface area (Å²) in [5, 5.41) is 8.40. The number of carbonyl (C=O) groups is 2. The first kappa shape index (κ1) is 26.2. The van der Waals surface area contributed by atoms with Gasteiger partial charge in [-0.25, -0.2) is 14.8 Å². The fourth-order valence-corrected chi connectivity index (χ4v) is 4.83. The van der Waals surface area contributed by atoms with Gasteiger partial charge >= 0.3 is 12.2 Å². The minimum atomic E-state index is -4.61. The number of hydrogen-bond acceptors (Lipinski definition) is 7. The van der Waals surface area contributed by atoms with E-state index in [4.69, 9.17) is 0 Å². The van der Waals surface area contributed by atoms with Gasteiger partial charge in [0.2, 0.25) is 5.95 Å². The van der Waals surface area contributed by atoms with Crippen molar-refractivity contribution >= 4 is 23.6 Å². The van der Waals surface area contributed by atoms with Gasteiger partial charge in [-0.3, -0.25) is 9.78 Å². The van der Waals surface area contributed by atoms with Gasteiger partial charge in [-0.1, -0.05) is 12.1 Å². The molecule has 5 rings (SSSR count). The van der Waals surface area contributed by atoms with Crippen LogP contribution in [0.25, 0.3) is 11.1 Å². The third-order valence-corrected chi connectivity index (χ3v) is 6.82. The van der Waals surface area contributed by atoms with Gasteiger partial charge in [-0.15, -0.1) is 0 Å². The van der Waals surface area contributed by atoms with Crippen LogP contribution in [0.4, 0.5) is 29.6 Å². The first-order valence-electron chi connectivity index (χ1n) is 12.4. The number of fused-ring (bicyclic) bond motifs is 1. The molecule has 3 N–H and O–H groups in total. The maximum atomic E-state index is 13.5. The number of nitrogens with zero attached hydrogens (tertiary/aromatic N) is 5. The number of piperazine rings is 1. The summed E-state index contributed by atoms with van der Waals surface area (Å²) in [6, 6.07) is 6.48. The van der Waals surface area contributed by atoms with Gasteiger partial charge < -0.3 is 25.8 Å². The summed E-state index contributed by atoms with van der Waals surface area (Å²) in [4.78, 5) is 40.8. The third-order valence-electron chi connectivity index (χ3n) is 6.82. The quantitative estimate of drug-likeness (QED) is 0.440. The Kier molecular flexibility index (Phi) is 6.98. The van der Waals surface area contributed by atoms with Crippen LogP contribution in [-0.4, -0.2) is 71.1 Å². The molecular weight excluding hydrogens is 513 g/mol. The van der Waals surface area contributed by atoms with Crippen LogP contribution in [0.1, 0.15) is 27.2 Å². The molecule has 4 heterocycles. The fraction of sp³-hybridized carbons (Fsp3) is 0.346. The van der Waals surface area contributed by atoms with E-state index in [-0.39, 0.29) is 35.7 Å². The predicted octanol–water partition coefficient (Wildman–Crippen LogP) is 3.05. The largest absolute Gasteiger partial charge is 0.433 e. The van der Waals surface area contributed by atoms with Gasteiger partial charge in [0.25, 0.3) is 5.91 Å². The molecule has 2 fully saturated rings. The first-order chi connectivity index (χ1) is 18.6. The monoisotopic (exact) mass is 540 g/mol. The highest BCUT2D eigenvalue weighted by molar-refractivity contribution is 6.00. The molecule has 0 saturated carbocycles. The number of amides is 3. The standard InChI is InChI=1S/C26H27F3N8O2/c1-15-7-17(22(32-9-15)26(27,28)29)10-31-21-8-16(3-4-20(21)23(38)30-2)18-11-33-24(34-12-18)36-5-6-37-19(14-36)13-35-25(37)39/h3-4,7-9,11-12,19,31H,5-6,10,13-14H2,1-2H3,(H,30,38)(H,35,39)/t19-/m0/s1. The lowest BCUT2D eigenvalue weighted by atomic mass is 10.0. The summed E-state index contributed by atoms with van der Waals surface area (Å²) in [6.45, 7) is 3.90. The molecule has 10 nitrogen and oxygen atoms in total. The normalized spacial score (nSPS) is 17.1. The van der Waals surface area contributed by atoms with Gasteiger partial charge in [0.1, 0.15) is 5.69 Å². The average Bonchev–Trinajstić information content (AvgIpc) is 3.30. The van der Waals surface area contributed by atoms with E-state index in [1.165, 1.54) is 19.3 Å². The Bertz CT molecular complexity index is 1400. The summed E-state index contributed by atoms with van der Waals surface area (Å²) >= 11 is 0. The van der Waals surface area contributed by atoms with Crippen LogP contribution >= 0.6 is 0 Å². The average molecular weight is 541 g/mol. The van der Waals surface area contributed by atoms with E-state index >= 15 is 0 Å².